The Labute approximate surface area is 240 Å². The number of methoxy groups -OCH3 is 1. The van der Waals surface area contributed by atoms with Gasteiger partial charge in [-0.05, 0) is 87.9 Å². The van der Waals surface area contributed by atoms with E-state index in [1.54, 1.807) is 82.6 Å². The monoisotopic (exact) mass is 574 g/mol. The van der Waals surface area contributed by atoms with Crippen LogP contribution < -0.4 is 25.4 Å². The smallest absolute Gasteiger partial charge is 0.251 e. The summed E-state index contributed by atoms with van der Waals surface area (Å²) < 4.78 is 33.3. The van der Waals surface area contributed by atoms with Gasteiger partial charge in [0.25, 0.3) is 5.91 Å². The molecular weight excluding hydrogens is 540 g/mol. The first-order chi connectivity index (χ1) is 19.4. The molecule has 1 amide bonds. The van der Waals surface area contributed by atoms with Crippen LogP contribution in [0, 0.1) is 6.92 Å². The highest BCUT2D eigenvalue weighted by Gasteiger charge is 2.22. The molecule has 41 heavy (non-hydrogen) atoms. The molecular formula is C30H34N6O4S. The van der Waals surface area contributed by atoms with E-state index in [4.69, 9.17) is 4.74 Å². The largest absolute Gasteiger partial charge is 0.497 e. The number of sulfonamides is 1. The number of hydrogen-bond donors (Lipinski definition) is 4. The zero-order chi connectivity index (χ0) is 29.6. The number of aryl methyl sites for hydroxylation is 1. The van der Waals surface area contributed by atoms with Gasteiger partial charge in [0, 0.05) is 40.8 Å². The number of aromatic nitrogens is 2. The lowest BCUT2D eigenvalue weighted by Gasteiger charge is -2.20. The lowest BCUT2D eigenvalue weighted by atomic mass is 10.1. The van der Waals surface area contributed by atoms with E-state index in [-0.39, 0.29) is 10.8 Å². The van der Waals surface area contributed by atoms with E-state index in [0.717, 1.165) is 16.9 Å². The second kappa shape index (κ2) is 12.4. The molecule has 4 rings (SSSR count). The van der Waals surface area contributed by atoms with E-state index in [9.17, 15) is 13.2 Å². The van der Waals surface area contributed by atoms with E-state index in [2.05, 4.69) is 30.6 Å². The summed E-state index contributed by atoms with van der Waals surface area (Å²) in [6.07, 6.45) is 1.67. The van der Waals surface area contributed by atoms with Crippen molar-refractivity contribution in [3.05, 3.63) is 95.7 Å². The maximum Gasteiger partial charge on any atom is 0.251 e. The van der Waals surface area contributed by atoms with Gasteiger partial charge in [0.15, 0.2) is 0 Å². The van der Waals surface area contributed by atoms with Crippen molar-refractivity contribution in [2.24, 2.45) is 0 Å². The van der Waals surface area contributed by atoms with E-state index >= 15 is 0 Å². The molecule has 0 saturated carbocycles. The minimum atomic E-state index is -3.69. The average Bonchev–Trinajstić information content (AvgIpc) is 2.93. The fourth-order valence-corrected chi connectivity index (χ4v) is 5.29. The molecule has 0 aliphatic carbocycles. The minimum Gasteiger partial charge on any atom is -0.497 e. The molecule has 0 spiro atoms. The molecule has 1 aromatic heterocycles. The van der Waals surface area contributed by atoms with Crippen LogP contribution in [0.25, 0.3) is 0 Å². The van der Waals surface area contributed by atoms with Crippen LogP contribution in [0.1, 0.15) is 42.3 Å². The van der Waals surface area contributed by atoms with Crippen molar-refractivity contribution in [2.45, 2.75) is 44.7 Å². The van der Waals surface area contributed by atoms with Gasteiger partial charge in [-0.15, -0.1) is 0 Å². The maximum absolute atomic E-state index is 12.8. The lowest BCUT2D eigenvalue weighted by molar-refractivity contribution is 0.0951. The standard InChI is InChI=1S/C30H34N6O4S/c1-20-18-32-29(35-27(20)33-24-7-6-8-26(17-24)41(38,39)36-30(2,3)4)34-23-13-11-22(12-14-23)28(37)31-19-21-9-15-25(40-5)16-10-21/h6-18,36H,19H2,1-5H3,(H,31,37)(H2,32,33,34,35). The molecule has 0 aliphatic rings. The molecule has 0 atom stereocenters. The highest BCUT2D eigenvalue weighted by atomic mass is 32.2. The van der Waals surface area contributed by atoms with Gasteiger partial charge in [-0.25, -0.2) is 18.1 Å². The highest BCUT2D eigenvalue weighted by Crippen LogP contribution is 2.24. The number of nitrogens with zero attached hydrogens (tertiary/aromatic N) is 2. The predicted molar refractivity (Wildman–Crippen MR) is 160 cm³/mol. The molecule has 4 aromatic rings. The van der Waals surface area contributed by atoms with Crippen LogP contribution >= 0.6 is 0 Å². The van der Waals surface area contributed by atoms with Crippen LogP contribution in [0.4, 0.5) is 23.1 Å². The van der Waals surface area contributed by atoms with Crippen molar-refractivity contribution in [1.29, 1.82) is 0 Å². The van der Waals surface area contributed by atoms with Crippen LogP contribution in [-0.4, -0.2) is 36.9 Å². The Morgan fingerprint density at radius 3 is 2.29 bits per heavy atom. The predicted octanol–water partition coefficient (Wildman–Crippen LogP) is 5.29. The van der Waals surface area contributed by atoms with Gasteiger partial charge in [-0.1, -0.05) is 18.2 Å². The molecule has 0 unspecified atom stereocenters. The number of anilines is 4. The molecule has 0 radical (unpaired) electrons. The van der Waals surface area contributed by atoms with Crippen LogP contribution in [0.15, 0.2) is 83.9 Å². The second-order valence-corrected chi connectivity index (χ2v) is 12.1. The normalized spacial score (nSPS) is 11.5. The van der Waals surface area contributed by atoms with Crippen LogP contribution in [-0.2, 0) is 16.6 Å². The average molecular weight is 575 g/mol. The number of nitrogens with one attached hydrogen (secondary N) is 4. The summed E-state index contributed by atoms with van der Waals surface area (Å²) in [4.78, 5) is 21.6. The summed E-state index contributed by atoms with van der Waals surface area (Å²) >= 11 is 0. The summed E-state index contributed by atoms with van der Waals surface area (Å²) in [6.45, 7) is 7.62. The Morgan fingerprint density at radius 1 is 0.927 bits per heavy atom. The third-order valence-electron chi connectivity index (χ3n) is 5.83. The minimum absolute atomic E-state index is 0.149. The number of carbonyl (C=O) groups is 1. The molecule has 214 valence electrons. The Kier molecular flexibility index (Phi) is 8.89. The van der Waals surface area contributed by atoms with Crippen molar-refractivity contribution < 1.29 is 17.9 Å². The fourth-order valence-electron chi connectivity index (χ4n) is 3.83. The molecule has 10 nitrogen and oxygen atoms in total. The van der Waals surface area contributed by atoms with E-state index in [0.29, 0.717) is 35.2 Å². The van der Waals surface area contributed by atoms with E-state index in [1.807, 2.05) is 31.2 Å². The summed E-state index contributed by atoms with van der Waals surface area (Å²) in [7, 11) is -2.08. The van der Waals surface area contributed by atoms with E-state index < -0.39 is 15.6 Å². The number of rotatable bonds is 10. The van der Waals surface area contributed by atoms with Gasteiger partial charge in [0.1, 0.15) is 11.6 Å². The molecule has 1 heterocycles. The third kappa shape index (κ3) is 8.26. The lowest BCUT2D eigenvalue weighted by Crippen LogP contribution is -2.40. The molecule has 0 aliphatic heterocycles. The second-order valence-electron chi connectivity index (χ2n) is 10.5. The van der Waals surface area contributed by atoms with Crippen molar-refractivity contribution in [2.75, 3.05) is 17.7 Å². The van der Waals surface area contributed by atoms with Gasteiger partial charge in [0.05, 0.1) is 12.0 Å². The van der Waals surface area contributed by atoms with Crippen LogP contribution in [0.5, 0.6) is 5.75 Å². The molecule has 11 heteroatoms. The van der Waals surface area contributed by atoms with Crippen molar-refractivity contribution >= 4 is 39.1 Å². The van der Waals surface area contributed by atoms with Gasteiger partial charge < -0.3 is 20.7 Å². The van der Waals surface area contributed by atoms with Crippen molar-refractivity contribution in [1.82, 2.24) is 20.0 Å². The quantitative estimate of drug-likeness (QED) is 0.201. The number of hydrogen-bond acceptors (Lipinski definition) is 8. The van der Waals surface area contributed by atoms with Crippen molar-refractivity contribution in [3.63, 3.8) is 0 Å². The summed E-state index contributed by atoms with van der Waals surface area (Å²) in [6, 6.07) is 21.0. The van der Waals surface area contributed by atoms with E-state index in [1.165, 1.54) is 0 Å². The number of ether oxygens (including phenoxy) is 1. The first-order valence-electron chi connectivity index (χ1n) is 12.9. The topological polar surface area (TPSA) is 134 Å². The van der Waals surface area contributed by atoms with Crippen molar-refractivity contribution in [3.8, 4) is 5.75 Å². The Hall–Kier alpha value is -4.48. The van der Waals surface area contributed by atoms with Gasteiger partial charge in [-0.3, -0.25) is 4.79 Å². The fraction of sp³-hybridized carbons (Fsp3) is 0.233. The molecule has 3 aromatic carbocycles. The number of amides is 1. The first-order valence-corrected chi connectivity index (χ1v) is 14.4. The molecule has 0 saturated heterocycles. The molecule has 4 N–H and O–H groups in total. The summed E-state index contributed by atoms with van der Waals surface area (Å²) in [5.41, 5.74) is 2.93. The Morgan fingerprint density at radius 2 is 1.63 bits per heavy atom. The highest BCUT2D eigenvalue weighted by molar-refractivity contribution is 7.89. The Balaban J connectivity index is 1.40. The summed E-state index contributed by atoms with van der Waals surface area (Å²) in [5.74, 6) is 1.44. The zero-order valence-electron chi connectivity index (χ0n) is 23.6. The van der Waals surface area contributed by atoms with Gasteiger partial charge in [-0.2, -0.15) is 4.98 Å². The van der Waals surface area contributed by atoms with Gasteiger partial charge >= 0.3 is 0 Å². The van der Waals surface area contributed by atoms with Crippen LogP contribution in [0.3, 0.4) is 0 Å². The molecule has 0 fully saturated rings. The zero-order valence-corrected chi connectivity index (χ0v) is 24.5. The first kappa shape index (κ1) is 29.5. The number of benzene rings is 3. The third-order valence-corrected chi connectivity index (χ3v) is 7.59. The Bertz CT molecular complexity index is 1620. The maximum atomic E-state index is 12.8. The molecule has 0 bridgehead atoms. The summed E-state index contributed by atoms with van der Waals surface area (Å²) in [5, 5.41) is 9.24. The number of carbonyl (C=O) groups excluding carboxylic acids is 1. The van der Waals surface area contributed by atoms with Crippen LogP contribution in [0.2, 0.25) is 0 Å². The SMILES string of the molecule is COc1ccc(CNC(=O)c2ccc(Nc3ncc(C)c(Nc4cccc(S(=O)(=O)NC(C)(C)C)c4)n3)cc2)cc1. The van der Waals surface area contributed by atoms with Gasteiger partial charge in [0.2, 0.25) is 16.0 Å².